The van der Waals surface area contributed by atoms with Crippen LogP contribution in [0.4, 0.5) is 13.2 Å². The third-order valence-electron chi connectivity index (χ3n) is 2.12. The molecule has 2 rings (SSSR count). The van der Waals surface area contributed by atoms with Gasteiger partial charge in [-0.2, -0.15) is 5.10 Å². The lowest BCUT2D eigenvalue weighted by atomic mass is 10.1. The predicted octanol–water partition coefficient (Wildman–Crippen LogP) is 4.45. The van der Waals surface area contributed by atoms with Gasteiger partial charge in [-0.15, -0.1) is 13.2 Å². The zero-order valence-corrected chi connectivity index (χ0v) is 10.8. The van der Waals surface area contributed by atoms with Gasteiger partial charge in [-0.3, -0.25) is 5.10 Å². The van der Waals surface area contributed by atoms with E-state index in [9.17, 15) is 13.2 Å². The Bertz CT molecular complexity index is 537. The topological polar surface area (TPSA) is 37.9 Å². The standard InChI is InChI=1S/C9H6ClF3N2O.C2H6/c1-4-5-3-14-15-7(5)2-6(10)8(4)16-9(11,12)13;1-2/h2-3H,1H3,(H,14,15);1-2H3. The molecule has 0 saturated heterocycles. The molecule has 1 heterocycles. The maximum absolute atomic E-state index is 12.1. The Balaban J connectivity index is 0.000000771. The van der Waals surface area contributed by atoms with Crippen molar-refractivity contribution >= 4 is 22.5 Å². The van der Waals surface area contributed by atoms with E-state index in [1.165, 1.54) is 19.2 Å². The molecule has 0 saturated carbocycles. The molecule has 0 fully saturated rings. The van der Waals surface area contributed by atoms with Crippen LogP contribution in [0.15, 0.2) is 12.3 Å². The van der Waals surface area contributed by atoms with Crippen LogP contribution in [0.25, 0.3) is 10.9 Å². The van der Waals surface area contributed by atoms with Crippen molar-refractivity contribution in [2.45, 2.75) is 27.1 Å². The largest absolute Gasteiger partial charge is 0.573 e. The average Bonchev–Trinajstić information content (AvgIpc) is 2.74. The summed E-state index contributed by atoms with van der Waals surface area (Å²) < 4.78 is 40.2. The number of benzene rings is 1. The Morgan fingerprint density at radius 1 is 1.33 bits per heavy atom. The van der Waals surface area contributed by atoms with Gasteiger partial charge in [0.15, 0.2) is 5.75 Å². The number of hydrogen-bond donors (Lipinski definition) is 1. The van der Waals surface area contributed by atoms with E-state index in [1.54, 1.807) is 0 Å². The van der Waals surface area contributed by atoms with Gasteiger partial charge in [0.05, 0.1) is 16.7 Å². The number of rotatable bonds is 1. The Labute approximate surface area is 107 Å². The molecule has 7 heteroatoms. The van der Waals surface area contributed by atoms with Crippen molar-refractivity contribution in [2.75, 3.05) is 0 Å². The van der Waals surface area contributed by atoms with Gasteiger partial charge in [0.1, 0.15) is 0 Å². The number of hydrogen-bond acceptors (Lipinski definition) is 2. The minimum atomic E-state index is -4.76. The second-order valence-electron chi connectivity index (χ2n) is 3.19. The van der Waals surface area contributed by atoms with Gasteiger partial charge in [-0.05, 0) is 13.0 Å². The van der Waals surface area contributed by atoms with E-state index in [0.29, 0.717) is 16.5 Å². The first-order valence-corrected chi connectivity index (χ1v) is 5.64. The lowest BCUT2D eigenvalue weighted by molar-refractivity contribution is -0.274. The van der Waals surface area contributed by atoms with Gasteiger partial charge >= 0.3 is 6.36 Å². The van der Waals surface area contributed by atoms with Gasteiger partial charge in [0, 0.05) is 10.9 Å². The number of aromatic nitrogens is 2. The quantitative estimate of drug-likeness (QED) is 0.838. The molecule has 0 aliphatic carbocycles. The first kappa shape index (κ1) is 14.6. The molecule has 0 aliphatic rings. The molecular weight excluding hydrogens is 269 g/mol. The van der Waals surface area contributed by atoms with Crippen molar-refractivity contribution in [3.63, 3.8) is 0 Å². The number of aryl methyl sites for hydroxylation is 1. The maximum atomic E-state index is 12.1. The Kier molecular flexibility index (Phi) is 4.45. The van der Waals surface area contributed by atoms with Crippen LogP contribution in [0.5, 0.6) is 5.75 Å². The third kappa shape index (κ3) is 3.07. The number of fused-ring (bicyclic) bond motifs is 1. The normalized spacial score (nSPS) is 11.1. The van der Waals surface area contributed by atoms with Crippen molar-refractivity contribution in [3.8, 4) is 5.75 Å². The molecular formula is C11H12ClF3N2O. The molecule has 18 heavy (non-hydrogen) atoms. The summed E-state index contributed by atoms with van der Waals surface area (Å²) in [5.41, 5.74) is 0.866. The Morgan fingerprint density at radius 2 is 1.94 bits per heavy atom. The number of nitrogens with one attached hydrogen (secondary N) is 1. The second kappa shape index (κ2) is 5.48. The van der Waals surface area contributed by atoms with Gasteiger partial charge in [0.2, 0.25) is 0 Å². The molecule has 0 radical (unpaired) electrons. The van der Waals surface area contributed by atoms with Crippen molar-refractivity contribution in [3.05, 3.63) is 22.8 Å². The molecule has 0 aliphatic heterocycles. The van der Waals surface area contributed by atoms with Crippen molar-refractivity contribution in [1.82, 2.24) is 10.2 Å². The average molecular weight is 281 g/mol. The zero-order valence-electron chi connectivity index (χ0n) is 10.0. The number of aromatic amines is 1. The van der Waals surface area contributed by atoms with Gasteiger partial charge in [-0.25, -0.2) is 0 Å². The molecule has 0 amide bonds. The highest BCUT2D eigenvalue weighted by atomic mass is 35.5. The first-order valence-electron chi connectivity index (χ1n) is 5.26. The number of nitrogens with zero attached hydrogens (tertiary/aromatic N) is 1. The third-order valence-corrected chi connectivity index (χ3v) is 2.40. The molecule has 1 aromatic heterocycles. The smallest absolute Gasteiger partial charge is 0.404 e. The van der Waals surface area contributed by atoms with E-state index >= 15 is 0 Å². The van der Waals surface area contributed by atoms with E-state index in [4.69, 9.17) is 11.6 Å². The van der Waals surface area contributed by atoms with Crippen LogP contribution in [0, 0.1) is 6.92 Å². The van der Waals surface area contributed by atoms with Crippen LogP contribution in [0.1, 0.15) is 19.4 Å². The summed E-state index contributed by atoms with van der Waals surface area (Å²) in [5.74, 6) is -0.386. The van der Waals surface area contributed by atoms with Crippen LogP contribution < -0.4 is 4.74 Å². The molecule has 100 valence electrons. The van der Waals surface area contributed by atoms with Gasteiger partial charge in [-0.1, -0.05) is 25.4 Å². The molecule has 3 nitrogen and oxygen atoms in total. The van der Waals surface area contributed by atoms with Crippen molar-refractivity contribution in [2.24, 2.45) is 0 Å². The lowest BCUT2D eigenvalue weighted by Gasteiger charge is -2.13. The first-order chi connectivity index (χ1) is 8.38. The fraction of sp³-hybridized carbons (Fsp3) is 0.364. The van der Waals surface area contributed by atoms with Gasteiger partial charge in [0.25, 0.3) is 0 Å². The molecule has 1 aromatic carbocycles. The molecule has 2 aromatic rings. The highest BCUT2D eigenvalue weighted by molar-refractivity contribution is 6.33. The summed E-state index contributed by atoms with van der Waals surface area (Å²) in [4.78, 5) is 0. The number of ether oxygens (including phenoxy) is 1. The minimum Gasteiger partial charge on any atom is -0.404 e. The monoisotopic (exact) mass is 280 g/mol. The van der Waals surface area contributed by atoms with Crippen LogP contribution in [-0.2, 0) is 0 Å². The lowest BCUT2D eigenvalue weighted by Crippen LogP contribution is -2.18. The zero-order chi connectivity index (χ0) is 13.9. The highest BCUT2D eigenvalue weighted by Crippen LogP contribution is 2.37. The molecule has 1 N–H and O–H groups in total. The summed E-state index contributed by atoms with van der Waals surface area (Å²) in [7, 11) is 0. The molecule has 0 spiro atoms. The SMILES string of the molecule is CC.Cc1c(OC(F)(F)F)c(Cl)cc2[nH]ncc12. The summed E-state index contributed by atoms with van der Waals surface area (Å²) in [5, 5.41) is 6.78. The molecule has 0 unspecified atom stereocenters. The van der Waals surface area contributed by atoms with E-state index in [1.807, 2.05) is 13.8 Å². The van der Waals surface area contributed by atoms with Crippen LogP contribution >= 0.6 is 11.6 Å². The number of H-pyrrole nitrogens is 1. The summed E-state index contributed by atoms with van der Waals surface area (Å²) in [6.45, 7) is 5.49. The number of halogens is 4. The van der Waals surface area contributed by atoms with Crippen LogP contribution in [-0.4, -0.2) is 16.6 Å². The highest BCUT2D eigenvalue weighted by Gasteiger charge is 2.33. The van der Waals surface area contributed by atoms with Crippen LogP contribution in [0.2, 0.25) is 5.02 Å². The van der Waals surface area contributed by atoms with E-state index < -0.39 is 6.36 Å². The van der Waals surface area contributed by atoms with Crippen molar-refractivity contribution in [1.29, 1.82) is 0 Å². The molecule has 0 bridgehead atoms. The maximum Gasteiger partial charge on any atom is 0.573 e. The summed E-state index contributed by atoms with van der Waals surface area (Å²) in [6.07, 6.45) is -3.34. The van der Waals surface area contributed by atoms with Crippen LogP contribution in [0.3, 0.4) is 0 Å². The summed E-state index contributed by atoms with van der Waals surface area (Å²) >= 11 is 5.70. The van der Waals surface area contributed by atoms with Crippen molar-refractivity contribution < 1.29 is 17.9 Å². The minimum absolute atomic E-state index is 0.105. The number of alkyl halides is 3. The van der Waals surface area contributed by atoms with E-state index in [0.717, 1.165) is 0 Å². The van der Waals surface area contributed by atoms with Gasteiger partial charge < -0.3 is 4.74 Å². The summed E-state index contributed by atoms with van der Waals surface area (Å²) in [6, 6.07) is 1.35. The predicted molar refractivity (Wildman–Crippen MR) is 63.9 cm³/mol. The fourth-order valence-corrected chi connectivity index (χ4v) is 1.73. The molecule has 0 atom stereocenters. The fourth-order valence-electron chi connectivity index (χ4n) is 1.44. The Hall–Kier alpha value is -1.43. The Morgan fingerprint density at radius 3 is 2.50 bits per heavy atom. The second-order valence-corrected chi connectivity index (χ2v) is 3.60. The van der Waals surface area contributed by atoms with E-state index in [2.05, 4.69) is 14.9 Å². The van der Waals surface area contributed by atoms with E-state index in [-0.39, 0.29) is 10.8 Å².